The maximum absolute atomic E-state index is 6.47. The molecule has 0 bridgehead atoms. The third-order valence-corrected chi connectivity index (χ3v) is 5.06. The average molecular weight is 315 g/mol. The Bertz CT molecular complexity index is 436. The predicted octanol–water partition coefficient (Wildman–Crippen LogP) is 4.51. The molecule has 1 heterocycles. The van der Waals surface area contributed by atoms with Crippen LogP contribution in [0.2, 0.25) is 10.0 Å². The smallest absolute Gasteiger partial charge is 0.0640 e. The zero-order valence-corrected chi connectivity index (χ0v) is 13.6. The molecule has 0 aromatic heterocycles. The van der Waals surface area contributed by atoms with Gasteiger partial charge in [0.25, 0.3) is 0 Å². The molecular weight excluding hydrogens is 291 g/mol. The monoisotopic (exact) mass is 314 g/mol. The number of nitrogens with zero attached hydrogens (tertiary/aromatic N) is 1. The van der Waals surface area contributed by atoms with E-state index in [4.69, 9.17) is 28.9 Å². The maximum Gasteiger partial charge on any atom is 0.0640 e. The molecule has 2 N–H and O–H groups in total. The van der Waals surface area contributed by atoms with E-state index in [2.05, 4.69) is 17.9 Å². The first kappa shape index (κ1) is 16.1. The highest BCUT2D eigenvalue weighted by Gasteiger charge is 2.31. The largest absolute Gasteiger partial charge is 0.330 e. The summed E-state index contributed by atoms with van der Waals surface area (Å²) in [5.74, 6) is 0.458. The Morgan fingerprint density at radius 1 is 1.30 bits per heavy atom. The minimum atomic E-state index is 0.300. The Morgan fingerprint density at radius 3 is 2.80 bits per heavy atom. The number of hydrogen-bond donors (Lipinski definition) is 1. The fourth-order valence-electron chi connectivity index (χ4n) is 3.30. The first-order chi connectivity index (χ1) is 9.69. The van der Waals surface area contributed by atoms with Crippen molar-refractivity contribution in [3.63, 3.8) is 0 Å². The highest BCUT2D eigenvalue weighted by atomic mass is 35.5. The highest BCUT2D eigenvalue weighted by Crippen LogP contribution is 2.40. The second-order valence-corrected chi connectivity index (χ2v) is 6.40. The third-order valence-electron chi connectivity index (χ3n) is 4.22. The quantitative estimate of drug-likeness (QED) is 0.886. The zero-order valence-electron chi connectivity index (χ0n) is 12.1. The molecule has 0 spiro atoms. The van der Waals surface area contributed by atoms with Crippen LogP contribution in [0.3, 0.4) is 0 Å². The van der Waals surface area contributed by atoms with Gasteiger partial charge in [0.1, 0.15) is 0 Å². The summed E-state index contributed by atoms with van der Waals surface area (Å²) < 4.78 is 0. The van der Waals surface area contributed by atoms with E-state index in [0.717, 1.165) is 25.1 Å². The van der Waals surface area contributed by atoms with Crippen LogP contribution in [0.5, 0.6) is 0 Å². The van der Waals surface area contributed by atoms with E-state index in [1.54, 1.807) is 0 Å². The van der Waals surface area contributed by atoms with Gasteiger partial charge in [-0.05, 0) is 56.4 Å². The van der Waals surface area contributed by atoms with E-state index in [-0.39, 0.29) is 0 Å². The van der Waals surface area contributed by atoms with E-state index >= 15 is 0 Å². The van der Waals surface area contributed by atoms with Gasteiger partial charge in [-0.15, -0.1) is 0 Å². The lowest BCUT2D eigenvalue weighted by molar-refractivity contribution is 0.158. The van der Waals surface area contributed by atoms with Gasteiger partial charge in [-0.3, -0.25) is 4.90 Å². The van der Waals surface area contributed by atoms with Gasteiger partial charge < -0.3 is 5.73 Å². The highest BCUT2D eigenvalue weighted by molar-refractivity contribution is 6.42. The van der Waals surface area contributed by atoms with Gasteiger partial charge in [0.15, 0.2) is 0 Å². The average Bonchev–Trinajstić information content (AvgIpc) is 2.65. The molecule has 2 rings (SSSR count). The Balaban J connectivity index is 2.40. The van der Waals surface area contributed by atoms with Crippen molar-refractivity contribution in [1.29, 1.82) is 0 Å². The van der Waals surface area contributed by atoms with E-state index < -0.39 is 0 Å². The molecule has 1 aromatic rings. The molecule has 2 atom stereocenters. The van der Waals surface area contributed by atoms with Crippen LogP contribution in [0.4, 0.5) is 0 Å². The normalized spacial score (nSPS) is 24.6. The lowest BCUT2D eigenvalue weighted by atomic mass is 9.89. The van der Waals surface area contributed by atoms with Gasteiger partial charge >= 0.3 is 0 Å². The Kier molecular flexibility index (Phi) is 6.16. The summed E-state index contributed by atoms with van der Waals surface area (Å²) in [5.41, 5.74) is 7.19. The first-order valence-electron chi connectivity index (χ1n) is 7.57. The molecule has 2 nitrogen and oxygen atoms in total. The molecule has 1 saturated heterocycles. The van der Waals surface area contributed by atoms with E-state index in [1.807, 2.05) is 12.1 Å². The molecule has 20 heavy (non-hydrogen) atoms. The zero-order chi connectivity index (χ0) is 14.5. The molecule has 2 unspecified atom stereocenters. The molecule has 0 radical (unpaired) electrons. The Labute approximate surface area is 132 Å². The minimum Gasteiger partial charge on any atom is -0.330 e. The SMILES string of the molecule is CCCN1CCCCC(CN)C1c1cccc(Cl)c1Cl. The molecule has 0 saturated carbocycles. The standard InChI is InChI=1S/C16H24Cl2N2/c1-2-9-20-10-4-3-6-12(11-19)16(20)13-7-5-8-14(17)15(13)18/h5,7-8,12,16H,2-4,6,9-11,19H2,1H3. The fraction of sp³-hybridized carbons (Fsp3) is 0.625. The van der Waals surface area contributed by atoms with Crippen molar-refractivity contribution in [1.82, 2.24) is 4.90 Å². The fourth-order valence-corrected chi connectivity index (χ4v) is 3.72. The topological polar surface area (TPSA) is 29.3 Å². The number of hydrogen-bond acceptors (Lipinski definition) is 2. The number of likely N-dealkylation sites (tertiary alicyclic amines) is 1. The van der Waals surface area contributed by atoms with Crippen LogP contribution in [0.15, 0.2) is 18.2 Å². The molecule has 1 aliphatic rings. The molecule has 0 amide bonds. The van der Waals surface area contributed by atoms with Crippen LogP contribution in [0.1, 0.15) is 44.2 Å². The number of halogens is 2. The lowest BCUT2D eigenvalue weighted by Gasteiger charge is -2.35. The second-order valence-electron chi connectivity index (χ2n) is 5.62. The summed E-state index contributed by atoms with van der Waals surface area (Å²) in [7, 11) is 0. The molecule has 1 aliphatic heterocycles. The van der Waals surface area contributed by atoms with Crippen molar-refractivity contribution in [2.24, 2.45) is 11.7 Å². The molecule has 112 valence electrons. The van der Waals surface area contributed by atoms with Crippen molar-refractivity contribution in [2.75, 3.05) is 19.6 Å². The van der Waals surface area contributed by atoms with Crippen molar-refractivity contribution in [3.8, 4) is 0 Å². The van der Waals surface area contributed by atoms with Crippen molar-refractivity contribution >= 4 is 23.2 Å². The van der Waals surface area contributed by atoms with Gasteiger partial charge in [0.05, 0.1) is 10.0 Å². The van der Waals surface area contributed by atoms with Crippen LogP contribution in [0, 0.1) is 5.92 Å². The predicted molar refractivity (Wildman–Crippen MR) is 87.5 cm³/mol. The van der Waals surface area contributed by atoms with Crippen LogP contribution < -0.4 is 5.73 Å². The summed E-state index contributed by atoms with van der Waals surface area (Å²) in [5, 5.41) is 1.33. The number of benzene rings is 1. The van der Waals surface area contributed by atoms with Gasteiger partial charge in [0.2, 0.25) is 0 Å². The van der Waals surface area contributed by atoms with Crippen molar-refractivity contribution in [2.45, 2.75) is 38.6 Å². The van der Waals surface area contributed by atoms with Crippen LogP contribution in [-0.2, 0) is 0 Å². The van der Waals surface area contributed by atoms with Crippen LogP contribution in [-0.4, -0.2) is 24.5 Å². The van der Waals surface area contributed by atoms with Crippen molar-refractivity contribution < 1.29 is 0 Å². The second kappa shape index (κ2) is 7.65. The van der Waals surface area contributed by atoms with E-state index in [1.165, 1.54) is 19.3 Å². The Hall–Kier alpha value is -0.280. The van der Waals surface area contributed by atoms with Crippen molar-refractivity contribution in [3.05, 3.63) is 33.8 Å². The van der Waals surface area contributed by atoms with Crippen LogP contribution >= 0.6 is 23.2 Å². The Morgan fingerprint density at radius 2 is 2.10 bits per heavy atom. The summed E-state index contributed by atoms with van der Waals surface area (Å²) in [4.78, 5) is 2.54. The van der Waals surface area contributed by atoms with E-state index in [0.29, 0.717) is 28.5 Å². The van der Waals surface area contributed by atoms with Crippen LogP contribution in [0.25, 0.3) is 0 Å². The maximum atomic E-state index is 6.47. The first-order valence-corrected chi connectivity index (χ1v) is 8.32. The van der Waals surface area contributed by atoms with E-state index in [9.17, 15) is 0 Å². The molecule has 1 fully saturated rings. The summed E-state index contributed by atoms with van der Waals surface area (Å²) in [6.45, 7) is 5.13. The van der Waals surface area contributed by atoms with Gasteiger partial charge in [-0.1, -0.05) is 48.7 Å². The summed E-state index contributed by atoms with van der Waals surface area (Å²) in [6.07, 6.45) is 4.80. The third kappa shape index (κ3) is 3.48. The molecular formula is C16H24Cl2N2. The molecule has 1 aromatic carbocycles. The van der Waals surface area contributed by atoms with Gasteiger partial charge in [0, 0.05) is 6.04 Å². The molecule has 0 aliphatic carbocycles. The number of rotatable bonds is 4. The van der Waals surface area contributed by atoms with Gasteiger partial charge in [-0.25, -0.2) is 0 Å². The number of nitrogens with two attached hydrogens (primary N) is 1. The van der Waals surface area contributed by atoms with Gasteiger partial charge in [-0.2, -0.15) is 0 Å². The minimum absolute atomic E-state index is 0.300. The summed E-state index contributed by atoms with van der Waals surface area (Å²) >= 11 is 12.7. The summed E-state index contributed by atoms with van der Waals surface area (Å²) in [6, 6.07) is 6.25. The lowest BCUT2D eigenvalue weighted by Crippen LogP contribution is -2.36. The molecule has 4 heteroatoms.